The molecular weight excluding hydrogens is 194 g/mol. The van der Waals surface area contributed by atoms with Gasteiger partial charge in [0, 0.05) is 0 Å². The van der Waals surface area contributed by atoms with Crippen molar-refractivity contribution in [1.29, 1.82) is 0 Å². The Morgan fingerprint density at radius 2 is 2.31 bits per heavy atom. The van der Waals surface area contributed by atoms with E-state index in [2.05, 4.69) is 15.3 Å². The minimum Gasteiger partial charge on any atom is -0.466 e. The Hall–Kier alpha value is -1.36. The third kappa shape index (κ3) is 1.42. The van der Waals surface area contributed by atoms with Gasteiger partial charge in [-0.3, -0.25) is 4.79 Å². The van der Waals surface area contributed by atoms with Gasteiger partial charge in [-0.2, -0.15) is 4.98 Å². The number of nitrogens with zero attached hydrogens (tertiary/aromatic N) is 2. The fourth-order valence-electron chi connectivity index (χ4n) is 1.03. The zero-order valence-electron chi connectivity index (χ0n) is 6.80. The van der Waals surface area contributed by atoms with Crippen LogP contribution in [0.1, 0.15) is 5.82 Å². The van der Waals surface area contributed by atoms with Gasteiger partial charge < -0.3 is 10.1 Å². The first-order chi connectivity index (χ1) is 6.16. The fourth-order valence-corrected chi connectivity index (χ4v) is 1.28. The SMILES string of the molecule is Cc1nc(Cl)c2c(n1)OCC(=O)N2. The van der Waals surface area contributed by atoms with E-state index in [4.69, 9.17) is 16.3 Å². The van der Waals surface area contributed by atoms with E-state index < -0.39 is 0 Å². The van der Waals surface area contributed by atoms with Crippen LogP contribution in [-0.2, 0) is 4.79 Å². The molecule has 0 aromatic carbocycles. The van der Waals surface area contributed by atoms with Crippen molar-refractivity contribution in [2.24, 2.45) is 0 Å². The molecule has 6 heteroatoms. The molecule has 2 heterocycles. The van der Waals surface area contributed by atoms with Crippen molar-refractivity contribution in [1.82, 2.24) is 9.97 Å². The van der Waals surface area contributed by atoms with Crippen LogP contribution in [0.3, 0.4) is 0 Å². The minimum atomic E-state index is -0.248. The van der Waals surface area contributed by atoms with Crippen LogP contribution < -0.4 is 10.1 Å². The highest BCUT2D eigenvalue weighted by Crippen LogP contribution is 2.30. The van der Waals surface area contributed by atoms with Crippen LogP contribution in [0.2, 0.25) is 5.15 Å². The van der Waals surface area contributed by atoms with Crippen LogP contribution >= 0.6 is 11.6 Å². The van der Waals surface area contributed by atoms with Gasteiger partial charge in [0.25, 0.3) is 5.91 Å². The molecule has 0 saturated heterocycles. The summed E-state index contributed by atoms with van der Waals surface area (Å²) < 4.78 is 5.05. The molecule has 0 unspecified atom stereocenters. The number of rotatable bonds is 0. The van der Waals surface area contributed by atoms with Crippen molar-refractivity contribution in [3.05, 3.63) is 11.0 Å². The van der Waals surface area contributed by atoms with Crippen LogP contribution in [0.5, 0.6) is 5.88 Å². The Morgan fingerprint density at radius 1 is 1.54 bits per heavy atom. The molecule has 1 N–H and O–H groups in total. The second kappa shape index (κ2) is 2.85. The van der Waals surface area contributed by atoms with E-state index in [-0.39, 0.29) is 17.7 Å². The van der Waals surface area contributed by atoms with Crippen molar-refractivity contribution in [2.45, 2.75) is 6.92 Å². The number of carbonyl (C=O) groups is 1. The molecule has 1 aromatic rings. The monoisotopic (exact) mass is 199 g/mol. The van der Waals surface area contributed by atoms with E-state index in [1.807, 2.05) is 0 Å². The maximum absolute atomic E-state index is 10.9. The van der Waals surface area contributed by atoms with Crippen LogP contribution in [-0.4, -0.2) is 22.5 Å². The van der Waals surface area contributed by atoms with Crippen LogP contribution in [0.15, 0.2) is 0 Å². The molecular formula is C7H6ClN3O2. The van der Waals surface area contributed by atoms with Gasteiger partial charge in [0.2, 0.25) is 5.88 Å². The average Bonchev–Trinajstić information content (AvgIpc) is 2.06. The maximum atomic E-state index is 10.9. The first-order valence-electron chi connectivity index (χ1n) is 3.63. The number of nitrogens with one attached hydrogen (secondary N) is 1. The highest BCUT2D eigenvalue weighted by atomic mass is 35.5. The van der Waals surface area contributed by atoms with Gasteiger partial charge in [-0.25, -0.2) is 4.98 Å². The lowest BCUT2D eigenvalue weighted by molar-refractivity contribution is -0.118. The number of hydrogen-bond donors (Lipinski definition) is 1. The summed E-state index contributed by atoms with van der Waals surface area (Å²) in [5.41, 5.74) is 0.350. The summed E-state index contributed by atoms with van der Waals surface area (Å²) in [5, 5.41) is 2.74. The summed E-state index contributed by atoms with van der Waals surface area (Å²) in [7, 11) is 0. The number of halogens is 1. The van der Waals surface area contributed by atoms with Gasteiger partial charge in [0.1, 0.15) is 11.5 Å². The van der Waals surface area contributed by atoms with Crippen molar-refractivity contribution < 1.29 is 9.53 Å². The lowest BCUT2D eigenvalue weighted by Crippen LogP contribution is -2.26. The summed E-state index contributed by atoms with van der Waals surface area (Å²) in [6.07, 6.45) is 0. The Bertz CT molecular complexity index is 380. The number of carbonyl (C=O) groups excluding carboxylic acids is 1. The second-order valence-electron chi connectivity index (χ2n) is 2.58. The van der Waals surface area contributed by atoms with E-state index in [9.17, 15) is 4.79 Å². The van der Waals surface area contributed by atoms with Crippen LogP contribution in [0, 0.1) is 6.92 Å². The number of aryl methyl sites for hydroxylation is 1. The number of fused-ring (bicyclic) bond motifs is 1. The van der Waals surface area contributed by atoms with E-state index in [0.29, 0.717) is 17.4 Å². The molecule has 0 radical (unpaired) electrons. The highest BCUT2D eigenvalue weighted by Gasteiger charge is 2.21. The Balaban J connectivity index is 2.53. The highest BCUT2D eigenvalue weighted by molar-refractivity contribution is 6.33. The summed E-state index contributed by atoms with van der Waals surface area (Å²) in [4.78, 5) is 18.8. The Labute approximate surface area is 79.1 Å². The molecule has 1 aromatic heterocycles. The first kappa shape index (κ1) is 8.25. The largest absolute Gasteiger partial charge is 0.466 e. The lowest BCUT2D eigenvalue weighted by Gasteiger charge is -2.17. The molecule has 0 spiro atoms. The molecule has 5 nitrogen and oxygen atoms in total. The molecule has 0 atom stereocenters. The zero-order valence-corrected chi connectivity index (χ0v) is 7.55. The third-order valence-electron chi connectivity index (χ3n) is 1.55. The van der Waals surface area contributed by atoms with Gasteiger partial charge in [0.15, 0.2) is 11.8 Å². The summed E-state index contributed by atoms with van der Waals surface area (Å²) in [6, 6.07) is 0. The summed E-state index contributed by atoms with van der Waals surface area (Å²) >= 11 is 5.77. The van der Waals surface area contributed by atoms with Gasteiger partial charge in [-0.1, -0.05) is 11.6 Å². The third-order valence-corrected chi connectivity index (χ3v) is 1.82. The van der Waals surface area contributed by atoms with E-state index in [1.165, 1.54) is 0 Å². The van der Waals surface area contributed by atoms with Gasteiger partial charge >= 0.3 is 0 Å². The predicted octanol–water partition coefficient (Wildman–Crippen LogP) is 0.769. The molecule has 68 valence electrons. The van der Waals surface area contributed by atoms with Crippen molar-refractivity contribution in [2.75, 3.05) is 11.9 Å². The molecule has 1 aliphatic rings. The van der Waals surface area contributed by atoms with Crippen LogP contribution in [0.4, 0.5) is 5.69 Å². The molecule has 13 heavy (non-hydrogen) atoms. The molecule has 0 aliphatic carbocycles. The van der Waals surface area contributed by atoms with E-state index in [0.717, 1.165) is 0 Å². The lowest BCUT2D eigenvalue weighted by atomic mass is 10.4. The molecule has 0 bridgehead atoms. The topological polar surface area (TPSA) is 64.1 Å². The molecule has 1 aliphatic heterocycles. The summed E-state index contributed by atoms with van der Waals surface area (Å²) in [5.74, 6) is 0.596. The Morgan fingerprint density at radius 3 is 3.08 bits per heavy atom. The molecule has 1 amide bonds. The Kier molecular flexibility index (Phi) is 1.81. The maximum Gasteiger partial charge on any atom is 0.262 e. The fraction of sp³-hybridized carbons (Fsp3) is 0.286. The zero-order chi connectivity index (χ0) is 9.42. The average molecular weight is 200 g/mol. The molecule has 0 saturated carbocycles. The second-order valence-corrected chi connectivity index (χ2v) is 2.94. The summed E-state index contributed by atoms with van der Waals surface area (Å²) in [6.45, 7) is 1.67. The first-order valence-corrected chi connectivity index (χ1v) is 4.01. The number of aromatic nitrogens is 2. The number of hydrogen-bond acceptors (Lipinski definition) is 4. The number of anilines is 1. The number of amides is 1. The van der Waals surface area contributed by atoms with Gasteiger partial charge in [0.05, 0.1) is 0 Å². The van der Waals surface area contributed by atoms with Gasteiger partial charge in [-0.05, 0) is 6.92 Å². The van der Waals surface area contributed by atoms with Crippen molar-refractivity contribution in [3.8, 4) is 5.88 Å². The van der Waals surface area contributed by atoms with Crippen LogP contribution in [0.25, 0.3) is 0 Å². The standard InChI is InChI=1S/C7H6ClN3O2/c1-3-9-6(8)5-7(10-3)13-2-4(12)11-5/h2H2,1H3,(H,11,12). The van der Waals surface area contributed by atoms with Crippen molar-refractivity contribution in [3.63, 3.8) is 0 Å². The van der Waals surface area contributed by atoms with Gasteiger partial charge in [-0.15, -0.1) is 0 Å². The smallest absolute Gasteiger partial charge is 0.262 e. The quantitative estimate of drug-likeness (QED) is 0.627. The van der Waals surface area contributed by atoms with E-state index in [1.54, 1.807) is 6.92 Å². The molecule has 2 rings (SSSR count). The minimum absolute atomic E-state index is 0.0280. The number of ether oxygens (including phenoxy) is 1. The molecule has 0 fully saturated rings. The van der Waals surface area contributed by atoms with Crippen molar-refractivity contribution >= 4 is 23.2 Å². The normalized spacial score (nSPS) is 14.5. The predicted molar refractivity (Wildman–Crippen MR) is 45.9 cm³/mol. The van der Waals surface area contributed by atoms with E-state index >= 15 is 0 Å².